The lowest BCUT2D eigenvalue weighted by Gasteiger charge is -2.34. The Morgan fingerprint density at radius 3 is 2.38 bits per heavy atom. The summed E-state index contributed by atoms with van der Waals surface area (Å²) in [5.41, 5.74) is 2.28. The molecule has 0 unspecified atom stereocenters. The molecule has 1 saturated heterocycles. The number of amides is 1. The van der Waals surface area contributed by atoms with E-state index < -0.39 is 0 Å². The number of carbonyl (C=O) groups excluding carboxylic acids is 1. The van der Waals surface area contributed by atoms with E-state index >= 15 is 0 Å². The molecule has 1 amide bonds. The SMILES string of the molecule is CN1CCN(c2ccc(NC(=O)c3ccc(F)cc3Br)cc2)CC1. The number of hydrogen-bond donors (Lipinski definition) is 1. The standard InChI is InChI=1S/C18H19BrFN3O/c1-22-8-10-23(11-9-22)15-5-3-14(4-6-15)21-18(24)16-7-2-13(20)12-17(16)19/h2-7,12H,8-11H2,1H3,(H,21,24). The van der Waals surface area contributed by atoms with Crippen molar-refractivity contribution in [2.24, 2.45) is 0 Å². The van der Waals surface area contributed by atoms with Crippen LogP contribution in [0.15, 0.2) is 46.9 Å². The number of carbonyl (C=O) groups is 1. The van der Waals surface area contributed by atoms with E-state index in [0.717, 1.165) is 31.9 Å². The van der Waals surface area contributed by atoms with Crippen LogP contribution in [0.25, 0.3) is 0 Å². The van der Waals surface area contributed by atoms with Crippen LogP contribution in [0.5, 0.6) is 0 Å². The summed E-state index contributed by atoms with van der Waals surface area (Å²) in [6.45, 7) is 4.11. The van der Waals surface area contributed by atoms with Crippen molar-refractivity contribution in [1.82, 2.24) is 4.90 Å². The van der Waals surface area contributed by atoms with Gasteiger partial charge in [-0.1, -0.05) is 0 Å². The van der Waals surface area contributed by atoms with Crippen molar-refractivity contribution in [3.8, 4) is 0 Å². The minimum Gasteiger partial charge on any atom is -0.369 e. The van der Waals surface area contributed by atoms with E-state index in [-0.39, 0.29) is 11.7 Å². The largest absolute Gasteiger partial charge is 0.369 e. The van der Waals surface area contributed by atoms with Crippen molar-refractivity contribution in [1.29, 1.82) is 0 Å². The maximum atomic E-state index is 13.1. The van der Waals surface area contributed by atoms with Gasteiger partial charge in [-0.25, -0.2) is 4.39 Å². The minimum absolute atomic E-state index is 0.269. The first kappa shape index (κ1) is 16.9. The molecule has 0 spiro atoms. The molecule has 126 valence electrons. The Balaban J connectivity index is 1.66. The third-order valence-electron chi connectivity index (χ3n) is 4.17. The molecule has 24 heavy (non-hydrogen) atoms. The molecule has 1 aliphatic rings. The molecule has 4 nitrogen and oxygen atoms in total. The Morgan fingerprint density at radius 1 is 1.08 bits per heavy atom. The van der Waals surface area contributed by atoms with Gasteiger partial charge in [0.2, 0.25) is 0 Å². The van der Waals surface area contributed by atoms with Gasteiger partial charge in [-0.05, 0) is 65.4 Å². The maximum Gasteiger partial charge on any atom is 0.256 e. The fraction of sp³-hybridized carbons (Fsp3) is 0.278. The lowest BCUT2D eigenvalue weighted by atomic mass is 10.2. The second-order valence-electron chi connectivity index (χ2n) is 5.92. The molecule has 2 aromatic rings. The van der Waals surface area contributed by atoms with Crippen molar-refractivity contribution in [3.05, 3.63) is 58.3 Å². The monoisotopic (exact) mass is 391 g/mol. The number of nitrogens with one attached hydrogen (secondary N) is 1. The van der Waals surface area contributed by atoms with Crippen LogP contribution in [0.1, 0.15) is 10.4 Å². The molecule has 0 aliphatic carbocycles. The summed E-state index contributed by atoms with van der Waals surface area (Å²) in [7, 11) is 2.13. The summed E-state index contributed by atoms with van der Waals surface area (Å²) in [5.74, 6) is -0.649. The number of rotatable bonds is 3. The predicted molar refractivity (Wildman–Crippen MR) is 98.2 cm³/mol. The first-order chi connectivity index (χ1) is 11.5. The van der Waals surface area contributed by atoms with Crippen LogP contribution < -0.4 is 10.2 Å². The highest BCUT2D eigenvalue weighted by Crippen LogP contribution is 2.22. The molecule has 1 fully saturated rings. The van der Waals surface area contributed by atoms with Gasteiger partial charge in [0.05, 0.1) is 5.56 Å². The van der Waals surface area contributed by atoms with E-state index in [0.29, 0.717) is 15.7 Å². The number of benzene rings is 2. The molecule has 0 bridgehead atoms. The Bertz CT molecular complexity index is 728. The average molecular weight is 392 g/mol. The van der Waals surface area contributed by atoms with Gasteiger partial charge in [0.1, 0.15) is 5.82 Å². The van der Waals surface area contributed by atoms with Crippen molar-refractivity contribution < 1.29 is 9.18 Å². The number of nitrogens with zero attached hydrogens (tertiary/aromatic N) is 2. The van der Waals surface area contributed by atoms with Crippen LogP contribution in [0.2, 0.25) is 0 Å². The third kappa shape index (κ3) is 3.94. The molecule has 0 saturated carbocycles. The summed E-state index contributed by atoms with van der Waals surface area (Å²) in [6.07, 6.45) is 0. The summed E-state index contributed by atoms with van der Waals surface area (Å²) in [4.78, 5) is 16.9. The quantitative estimate of drug-likeness (QED) is 0.867. The number of piperazine rings is 1. The van der Waals surface area contributed by atoms with Crippen molar-refractivity contribution >= 4 is 33.2 Å². The molecule has 0 atom stereocenters. The number of hydrogen-bond acceptors (Lipinski definition) is 3. The lowest BCUT2D eigenvalue weighted by molar-refractivity contribution is 0.102. The van der Waals surface area contributed by atoms with E-state index in [1.165, 1.54) is 18.2 Å². The Labute approximate surface area is 149 Å². The smallest absolute Gasteiger partial charge is 0.256 e. The molecule has 1 N–H and O–H groups in total. The Kier molecular flexibility index (Phi) is 5.16. The topological polar surface area (TPSA) is 35.6 Å². The Hall–Kier alpha value is -1.92. The molecule has 2 aromatic carbocycles. The van der Waals surface area contributed by atoms with E-state index in [9.17, 15) is 9.18 Å². The first-order valence-electron chi connectivity index (χ1n) is 7.83. The highest BCUT2D eigenvalue weighted by molar-refractivity contribution is 9.10. The highest BCUT2D eigenvalue weighted by Gasteiger charge is 2.15. The predicted octanol–water partition coefficient (Wildman–Crippen LogP) is 3.59. The van der Waals surface area contributed by atoms with Gasteiger partial charge in [0, 0.05) is 42.0 Å². The van der Waals surface area contributed by atoms with E-state index in [2.05, 4.69) is 38.1 Å². The summed E-state index contributed by atoms with van der Waals surface area (Å²) < 4.78 is 13.6. The summed E-state index contributed by atoms with van der Waals surface area (Å²) >= 11 is 3.22. The number of halogens is 2. The van der Waals surface area contributed by atoms with Crippen LogP contribution in [0, 0.1) is 5.82 Å². The van der Waals surface area contributed by atoms with Crippen molar-refractivity contribution in [3.63, 3.8) is 0 Å². The van der Waals surface area contributed by atoms with Gasteiger partial charge in [-0.2, -0.15) is 0 Å². The van der Waals surface area contributed by atoms with Crippen LogP contribution in [-0.2, 0) is 0 Å². The maximum absolute atomic E-state index is 13.1. The van der Waals surface area contributed by atoms with Gasteiger partial charge in [-0.3, -0.25) is 4.79 Å². The fourth-order valence-corrected chi connectivity index (χ4v) is 3.22. The van der Waals surface area contributed by atoms with E-state index in [1.54, 1.807) is 0 Å². The Morgan fingerprint density at radius 2 is 1.75 bits per heavy atom. The second-order valence-corrected chi connectivity index (χ2v) is 6.77. The molecule has 1 heterocycles. The second kappa shape index (κ2) is 7.32. The van der Waals surface area contributed by atoms with Gasteiger partial charge in [-0.15, -0.1) is 0 Å². The third-order valence-corrected chi connectivity index (χ3v) is 4.83. The van der Waals surface area contributed by atoms with E-state index in [1.807, 2.05) is 24.3 Å². The zero-order chi connectivity index (χ0) is 17.1. The minimum atomic E-state index is -0.380. The zero-order valence-electron chi connectivity index (χ0n) is 13.4. The van der Waals surface area contributed by atoms with Gasteiger partial charge < -0.3 is 15.1 Å². The van der Waals surface area contributed by atoms with Gasteiger partial charge in [0.25, 0.3) is 5.91 Å². The molecule has 0 radical (unpaired) electrons. The zero-order valence-corrected chi connectivity index (χ0v) is 15.0. The summed E-state index contributed by atoms with van der Waals surface area (Å²) in [5, 5.41) is 2.84. The van der Waals surface area contributed by atoms with Crippen molar-refractivity contribution in [2.75, 3.05) is 43.4 Å². The first-order valence-corrected chi connectivity index (χ1v) is 8.62. The normalized spacial score (nSPS) is 15.4. The van der Waals surface area contributed by atoms with Crippen LogP contribution >= 0.6 is 15.9 Å². The van der Waals surface area contributed by atoms with Crippen LogP contribution in [0.3, 0.4) is 0 Å². The molecule has 0 aromatic heterocycles. The molecular weight excluding hydrogens is 373 g/mol. The molecular formula is C18H19BrFN3O. The number of likely N-dealkylation sites (N-methyl/N-ethyl adjacent to an activating group) is 1. The average Bonchev–Trinajstić information content (AvgIpc) is 2.56. The molecule has 6 heteroatoms. The lowest BCUT2D eigenvalue weighted by Crippen LogP contribution is -2.44. The number of anilines is 2. The summed E-state index contributed by atoms with van der Waals surface area (Å²) in [6, 6.07) is 11.8. The van der Waals surface area contributed by atoms with E-state index in [4.69, 9.17) is 0 Å². The highest BCUT2D eigenvalue weighted by atomic mass is 79.9. The molecule has 1 aliphatic heterocycles. The van der Waals surface area contributed by atoms with Crippen LogP contribution in [-0.4, -0.2) is 44.0 Å². The van der Waals surface area contributed by atoms with Crippen LogP contribution in [0.4, 0.5) is 15.8 Å². The van der Waals surface area contributed by atoms with Gasteiger partial charge >= 0.3 is 0 Å². The van der Waals surface area contributed by atoms with Crippen molar-refractivity contribution in [2.45, 2.75) is 0 Å². The van der Waals surface area contributed by atoms with Gasteiger partial charge in [0.15, 0.2) is 0 Å². The molecule has 3 rings (SSSR count). The fourth-order valence-electron chi connectivity index (χ4n) is 2.69.